The number of fused-ring (bicyclic) bond motifs is 1. The van der Waals surface area contributed by atoms with Gasteiger partial charge in [0.05, 0.1) is 12.6 Å². The van der Waals surface area contributed by atoms with Crippen LogP contribution in [0.25, 0.3) is 10.9 Å². The third-order valence-corrected chi connectivity index (χ3v) is 6.97. The Bertz CT molecular complexity index is 1130. The van der Waals surface area contributed by atoms with Gasteiger partial charge in [0.1, 0.15) is 9.96 Å². The number of aromatic nitrogens is 1. The summed E-state index contributed by atoms with van der Waals surface area (Å²) < 4.78 is 37.1. The van der Waals surface area contributed by atoms with E-state index in [0.29, 0.717) is 22.2 Å². The summed E-state index contributed by atoms with van der Waals surface area (Å²) in [5.74, 6) is -2.75. The van der Waals surface area contributed by atoms with Crippen molar-refractivity contribution in [1.29, 1.82) is 0 Å². The van der Waals surface area contributed by atoms with Gasteiger partial charge in [0.25, 0.3) is 10.0 Å². The summed E-state index contributed by atoms with van der Waals surface area (Å²) in [6.07, 6.45) is 0.0294. The van der Waals surface area contributed by atoms with Crippen LogP contribution in [0.2, 0.25) is 0 Å². The Balaban J connectivity index is 2.07. The largest absolute Gasteiger partial charge is 0.497 e. The lowest BCUT2D eigenvalue weighted by Gasteiger charge is -2.10. The number of methoxy groups -OCH3 is 1. The zero-order chi connectivity index (χ0) is 20.5. The Morgan fingerprint density at radius 3 is 2.68 bits per heavy atom. The SMILES string of the molecule is COc1ccc2c(c1)c(CC(N)OC(=O)C(=O)O)cn2S(=O)(=O)c1cccs1. The van der Waals surface area contributed by atoms with Gasteiger partial charge in [0, 0.05) is 18.0 Å². The fourth-order valence-electron chi connectivity index (χ4n) is 2.69. The van der Waals surface area contributed by atoms with Gasteiger partial charge in [0.15, 0.2) is 6.23 Å². The number of ether oxygens (including phenoxy) is 2. The molecule has 0 aliphatic rings. The van der Waals surface area contributed by atoms with Crippen LogP contribution in [-0.4, -0.2) is 42.8 Å². The molecule has 28 heavy (non-hydrogen) atoms. The number of benzene rings is 1. The molecule has 0 amide bonds. The highest BCUT2D eigenvalue weighted by molar-refractivity contribution is 7.92. The molecule has 1 unspecified atom stereocenters. The van der Waals surface area contributed by atoms with Crippen LogP contribution >= 0.6 is 11.3 Å². The molecular weight excluding hydrogens is 408 g/mol. The molecular formula is C17H16N2O7S2. The highest BCUT2D eigenvalue weighted by Crippen LogP contribution is 2.31. The van der Waals surface area contributed by atoms with Crippen LogP contribution in [0.1, 0.15) is 5.56 Å². The van der Waals surface area contributed by atoms with Gasteiger partial charge in [0.2, 0.25) is 0 Å². The van der Waals surface area contributed by atoms with Gasteiger partial charge in [-0.05, 0) is 35.2 Å². The summed E-state index contributed by atoms with van der Waals surface area (Å²) >= 11 is 1.08. The van der Waals surface area contributed by atoms with E-state index < -0.39 is 28.2 Å². The Morgan fingerprint density at radius 1 is 1.32 bits per heavy atom. The highest BCUT2D eigenvalue weighted by Gasteiger charge is 2.24. The summed E-state index contributed by atoms with van der Waals surface area (Å²) in [6, 6.07) is 7.98. The quantitative estimate of drug-likeness (QED) is 0.344. The molecule has 0 aliphatic heterocycles. The number of carboxylic acids is 1. The Labute approximate surface area is 163 Å². The monoisotopic (exact) mass is 424 g/mol. The lowest BCUT2D eigenvalue weighted by Crippen LogP contribution is -2.32. The van der Waals surface area contributed by atoms with Gasteiger partial charge in [-0.3, -0.25) is 5.73 Å². The lowest BCUT2D eigenvalue weighted by molar-refractivity contribution is -0.167. The van der Waals surface area contributed by atoms with E-state index in [-0.39, 0.29) is 10.6 Å². The molecule has 3 rings (SSSR count). The number of carbonyl (C=O) groups excluding carboxylic acids is 1. The van der Waals surface area contributed by atoms with Gasteiger partial charge < -0.3 is 14.6 Å². The van der Waals surface area contributed by atoms with Crippen LogP contribution in [0, 0.1) is 0 Å². The third-order valence-electron chi connectivity index (χ3n) is 3.92. The Kier molecular flexibility index (Phi) is 5.40. The second kappa shape index (κ2) is 7.62. The van der Waals surface area contributed by atoms with E-state index in [0.717, 1.165) is 15.3 Å². The molecule has 0 aliphatic carbocycles. The van der Waals surface area contributed by atoms with Crippen molar-refractivity contribution < 1.29 is 32.6 Å². The van der Waals surface area contributed by atoms with Crippen LogP contribution in [0.5, 0.6) is 5.75 Å². The first-order valence-electron chi connectivity index (χ1n) is 7.90. The summed E-state index contributed by atoms with van der Waals surface area (Å²) in [4.78, 5) is 21.8. The minimum Gasteiger partial charge on any atom is -0.497 e. The minimum atomic E-state index is -3.84. The molecule has 0 radical (unpaired) electrons. The zero-order valence-corrected chi connectivity index (χ0v) is 16.2. The molecule has 0 saturated carbocycles. The van der Waals surface area contributed by atoms with Gasteiger partial charge >= 0.3 is 11.9 Å². The molecule has 2 aromatic heterocycles. The van der Waals surface area contributed by atoms with Crippen molar-refractivity contribution in [3.63, 3.8) is 0 Å². The van der Waals surface area contributed by atoms with Crippen LogP contribution in [0.15, 0.2) is 46.1 Å². The number of esters is 1. The van der Waals surface area contributed by atoms with Crippen LogP contribution in [0.4, 0.5) is 0 Å². The summed E-state index contributed by atoms with van der Waals surface area (Å²) in [7, 11) is -2.37. The van der Waals surface area contributed by atoms with E-state index in [9.17, 15) is 18.0 Å². The van der Waals surface area contributed by atoms with Crippen LogP contribution in [0.3, 0.4) is 0 Å². The van der Waals surface area contributed by atoms with E-state index in [1.54, 1.807) is 29.6 Å². The number of hydrogen-bond donors (Lipinski definition) is 2. The van der Waals surface area contributed by atoms with Gasteiger partial charge in [-0.15, -0.1) is 11.3 Å². The standard InChI is InChI=1S/C17H16N2O7S2/c1-25-11-4-5-13-12(8-11)10(7-14(18)26-17(22)16(20)21)9-19(13)28(23,24)15-3-2-6-27-15/h2-6,8-9,14H,7,18H2,1H3,(H,20,21). The molecule has 9 nitrogen and oxygen atoms in total. The van der Waals surface area contributed by atoms with E-state index >= 15 is 0 Å². The normalized spacial score (nSPS) is 12.6. The average molecular weight is 424 g/mol. The maximum atomic E-state index is 13.0. The van der Waals surface area contributed by atoms with E-state index in [2.05, 4.69) is 4.74 Å². The topological polar surface area (TPSA) is 138 Å². The summed E-state index contributed by atoms with van der Waals surface area (Å²) in [5, 5.41) is 10.8. The van der Waals surface area contributed by atoms with Gasteiger partial charge in [-0.2, -0.15) is 8.42 Å². The molecule has 11 heteroatoms. The molecule has 2 heterocycles. The first-order valence-corrected chi connectivity index (χ1v) is 10.2. The molecule has 0 bridgehead atoms. The number of carboxylic acid groups (broad SMARTS) is 1. The smallest absolute Gasteiger partial charge is 0.418 e. The maximum Gasteiger partial charge on any atom is 0.418 e. The first-order chi connectivity index (χ1) is 13.2. The molecule has 3 aromatic rings. The molecule has 0 spiro atoms. The first kappa shape index (κ1) is 19.9. The van der Waals surface area contributed by atoms with E-state index in [1.165, 1.54) is 19.4 Å². The number of hydrogen-bond acceptors (Lipinski definition) is 8. The van der Waals surface area contributed by atoms with Crippen molar-refractivity contribution in [2.75, 3.05) is 7.11 Å². The number of rotatable bonds is 6. The van der Waals surface area contributed by atoms with Crippen LogP contribution in [-0.2, 0) is 30.8 Å². The second-order valence-electron chi connectivity index (χ2n) is 5.72. The summed E-state index contributed by atoms with van der Waals surface area (Å²) in [6.45, 7) is 0. The molecule has 0 fully saturated rings. The van der Waals surface area contributed by atoms with E-state index in [4.69, 9.17) is 15.6 Å². The van der Waals surface area contributed by atoms with Crippen molar-refractivity contribution in [2.24, 2.45) is 5.73 Å². The lowest BCUT2D eigenvalue weighted by atomic mass is 10.1. The molecule has 0 saturated heterocycles. The van der Waals surface area contributed by atoms with Gasteiger partial charge in [-0.1, -0.05) is 6.07 Å². The number of nitrogens with zero attached hydrogens (tertiary/aromatic N) is 1. The number of aliphatic carboxylic acids is 1. The number of nitrogens with two attached hydrogens (primary N) is 1. The molecule has 1 aromatic carbocycles. The molecule has 3 N–H and O–H groups in total. The highest BCUT2D eigenvalue weighted by atomic mass is 32.2. The fraction of sp³-hybridized carbons (Fsp3) is 0.176. The molecule has 148 valence electrons. The van der Waals surface area contributed by atoms with E-state index in [1.807, 2.05) is 0 Å². The molecule has 1 atom stereocenters. The predicted octanol–water partition coefficient (Wildman–Crippen LogP) is 1.40. The van der Waals surface area contributed by atoms with Crippen molar-refractivity contribution in [2.45, 2.75) is 16.9 Å². The van der Waals surface area contributed by atoms with Crippen molar-refractivity contribution in [3.8, 4) is 5.75 Å². The van der Waals surface area contributed by atoms with Crippen molar-refractivity contribution in [3.05, 3.63) is 47.5 Å². The zero-order valence-electron chi connectivity index (χ0n) is 14.6. The maximum absolute atomic E-state index is 13.0. The van der Waals surface area contributed by atoms with Crippen LogP contribution < -0.4 is 10.5 Å². The Hall–Kier alpha value is -2.89. The average Bonchev–Trinajstić information content (AvgIpc) is 3.30. The summed E-state index contributed by atoms with van der Waals surface area (Å²) in [5.41, 5.74) is 6.57. The third kappa shape index (κ3) is 3.72. The fourth-order valence-corrected chi connectivity index (χ4v) is 5.16. The number of carbonyl (C=O) groups is 2. The second-order valence-corrected chi connectivity index (χ2v) is 8.71. The predicted molar refractivity (Wildman–Crippen MR) is 101 cm³/mol. The minimum absolute atomic E-state index is 0.0877. The van der Waals surface area contributed by atoms with Crippen molar-refractivity contribution in [1.82, 2.24) is 3.97 Å². The number of thiophene rings is 1. The van der Waals surface area contributed by atoms with Crippen molar-refractivity contribution >= 4 is 44.2 Å². The Morgan fingerprint density at radius 2 is 2.07 bits per heavy atom. The van der Waals surface area contributed by atoms with Gasteiger partial charge in [-0.25, -0.2) is 13.6 Å².